The van der Waals surface area contributed by atoms with Crippen LogP contribution in [0.1, 0.15) is 45.4 Å². The summed E-state index contributed by atoms with van der Waals surface area (Å²) in [5, 5.41) is 10.8. The van der Waals surface area contributed by atoms with Crippen molar-refractivity contribution in [3.63, 3.8) is 0 Å². The van der Waals surface area contributed by atoms with Gasteiger partial charge in [-0.1, -0.05) is 38.3 Å². The molecule has 1 rings (SSSR count). The predicted molar refractivity (Wildman–Crippen MR) is 77.0 cm³/mol. The first kappa shape index (κ1) is 16.2. The number of carbonyl (C=O) groups excluding carboxylic acids is 1. The van der Waals surface area contributed by atoms with E-state index in [1.54, 1.807) is 5.01 Å². The Bertz CT molecular complexity index is 482. The molecular formula is C13H18ClN5O. The molecule has 0 aliphatic carbocycles. The molecule has 0 spiro atoms. The lowest BCUT2D eigenvalue weighted by Crippen LogP contribution is -2.46. The molecule has 108 valence electrons. The number of hydrogen-bond donors (Lipinski definition) is 1. The fraction of sp³-hybridized carbons (Fsp3) is 0.538. The van der Waals surface area contributed by atoms with Crippen LogP contribution >= 0.6 is 11.6 Å². The summed E-state index contributed by atoms with van der Waals surface area (Å²) in [6, 6.07) is 1.95. The number of hydrogen-bond acceptors (Lipinski definition) is 5. The van der Waals surface area contributed by atoms with Crippen molar-refractivity contribution < 1.29 is 4.79 Å². The van der Waals surface area contributed by atoms with Gasteiger partial charge in [0.2, 0.25) is 12.2 Å². The molecule has 1 aromatic rings. The quantitative estimate of drug-likeness (QED) is 0.588. The molecule has 0 unspecified atom stereocenters. The van der Waals surface area contributed by atoms with Crippen LogP contribution in [0.3, 0.4) is 0 Å². The van der Waals surface area contributed by atoms with E-state index in [9.17, 15) is 4.79 Å². The average molecular weight is 296 g/mol. The van der Waals surface area contributed by atoms with Gasteiger partial charge < -0.3 is 0 Å². The van der Waals surface area contributed by atoms with Gasteiger partial charge in [0, 0.05) is 0 Å². The van der Waals surface area contributed by atoms with E-state index < -0.39 is 0 Å². The zero-order valence-electron chi connectivity index (χ0n) is 11.6. The Morgan fingerprint density at radius 2 is 2.15 bits per heavy atom. The minimum absolute atomic E-state index is 0.0221. The first-order chi connectivity index (χ1) is 9.67. The molecule has 0 aromatic carbocycles. The van der Waals surface area contributed by atoms with Crippen molar-refractivity contribution in [2.45, 2.75) is 45.6 Å². The number of halogens is 1. The van der Waals surface area contributed by atoms with Crippen molar-refractivity contribution in [3.8, 4) is 6.07 Å². The molecule has 1 aromatic heterocycles. The third-order valence-electron chi connectivity index (χ3n) is 2.85. The highest BCUT2D eigenvalue weighted by atomic mass is 35.5. The summed E-state index contributed by atoms with van der Waals surface area (Å²) in [4.78, 5) is 18.8. The number of carbonyl (C=O) groups is 1. The lowest BCUT2D eigenvalue weighted by Gasteiger charge is -2.31. The number of hydrazine groups is 1. The maximum Gasteiger partial charge on any atom is 0.234 e. The predicted octanol–water partition coefficient (Wildman–Crippen LogP) is 2.44. The van der Waals surface area contributed by atoms with Crippen LogP contribution in [-0.2, 0) is 4.79 Å². The van der Waals surface area contributed by atoms with Gasteiger partial charge in [-0.3, -0.25) is 15.2 Å². The van der Waals surface area contributed by atoms with E-state index in [0.29, 0.717) is 17.3 Å². The average Bonchev–Trinajstić information content (AvgIpc) is 2.45. The SMILES string of the molecule is CCCC(CCC)N(NC=O)c1nc(C#N)ncc1Cl. The van der Waals surface area contributed by atoms with E-state index in [2.05, 4.69) is 29.2 Å². The van der Waals surface area contributed by atoms with Gasteiger partial charge in [0.25, 0.3) is 0 Å². The smallest absolute Gasteiger partial charge is 0.234 e. The van der Waals surface area contributed by atoms with Crippen LogP contribution in [0.25, 0.3) is 0 Å². The van der Waals surface area contributed by atoms with Crippen LogP contribution in [0, 0.1) is 11.3 Å². The fourth-order valence-corrected chi connectivity index (χ4v) is 2.23. The first-order valence-electron chi connectivity index (χ1n) is 6.59. The molecule has 1 N–H and O–H groups in total. The molecule has 0 aliphatic heterocycles. The highest BCUT2D eigenvalue weighted by Gasteiger charge is 2.21. The van der Waals surface area contributed by atoms with E-state index >= 15 is 0 Å². The molecule has 0 radical (unpaired) electrons. The zero-order valence-corrected chi connectivity index (χ0v) is 12.4. The van der Waals surface area contributed by atoms with Gasteiger partial charge in [0.05, 0.1) is 12.2 Å². The second kappa shape index (κ2) is 8.33. The van der Waals surface area contributed by atoms with Crippen LogP contribution in [0.15, 0.2) is 6.20 Å². The lowest BCUT2D eigenvalue weighted by atomic mass is 10.1. The van der Waals surface area contributed by atoms with Gasteiger partial charge in [0.15, 0.2) is 5.82 Å². The van der Waals surface area contributed by atoms with Crippen molar-refractivity contribution in [2.75, 3.05) is 5.01 Å². The first-order valence-corrected chi connectivity index (χ1v) is 6.97. The molecule has 7 heteroatoms. The molecular weight excluding hydrogens is 278 g/mol. The van der Waals surface area contributed by atoms with E-state index in [1.807, 2.05) is 6.07 Å². The van der Waals surface area contributed by atoms with Crippen molar-refractivity contribution in [1.82, 2.24) is 15.4 Å². The number of nitriles is 1. The van der Waals surface area contributed by atoms with E-state index in [1.165, 1.54) is 6.20 Å². The summed E-state index contributed by atoms with van der Waals surface area (Å²) >= 11 is 6.10. The summed E-state index contributed by atoms with van der Waals surface area (Å²) in [5.41, 5.74) is 2.63. The van der Waals surface area contributed by atoms with Gasteiger partial charge in [-0.15, -0.1) is 0 Å². The Morgan fingerprint density at radius 1 is 1.50 bits per heavy atom. The molecule has 1 heterocycles. The number of aromatic nitrogens is 2. The van der Waals surface area contributed by atoms with Crippen molar-refractivity contribution in [2.24, 2.45) is 0 Å². The molecule has 6 nitrogen and oxygen atoms in total. The molecule has 0 saturated heterocycles. The van der Waals surface area contributed by atoms with E-state index in [4.69, 9.17) is 16.9 Å². The number of rotatable bonds is 8. The van der Waals surface area contributed by atoms with Crippen molar-refractivity contribution in [1.29, 1.82) is 5.26 Å². The standard InChI is InChI=1S/C13H18ClN5O/c1-3-5-10(6-4-2)19(17-9-20)13-11(14)8-16-12(7-15)18-13/h8-10H,3-6H2,1-2H3,(H,17,20). The van der Waals surface area contributed by atoms with Gasteiger partial charge in [0.1, 0.15) is 11.1 Å². The third kappa shape index (κ3) is 4.07. The second-order valence-electron chi connectivity index (χ2n) is 4.33. The Balaban J connectivity index is 3.17. The van der Waals surface area contributed by atoms with Crippen molar-refractivity contribution in [3.05, 3.63) is 17.0 Å². The second-order valence-corrected chi connectivity index (χ2v) is 4.73. The Kier molecular flexibility index (Phi) is 6.74. The van der Waals surface area contributed by atoms with Crippen LogP contribution in [0.2, 0.25) is 5.02 Å². The molecule has 0 bridgehead atoms. The topological polar surface area (TPSA) is 81.9 Å². The summed E-state index contributed by atoms with van der Waals surface area (Å²) in [6.45, 7) is 4.15. The minimum atomic E-state index is 0.0221. The Hall–Kier alpha value is -1.87. The summed E-state index contributed by atoms with van der Waals surface area (Å²) in [7, 11) is 0. The van der Waals surface area contributed by atoms with Crippen molar-refractivity contribution >= 4 is 23.8 Å². The third-order valence-corrected chi connectivity index (χ3v) is 3.12. The van der Waals surface area contributed by atoms with E-state index in [0.717, 1.165) is 25.7 Å². The molecule has 0 aliphatic rings. The monoisotopic (exact) mass is 295 g/mol. The zero-order chi connectivity index (χ0) is 15.0. The number of amides is 1. The summed E-state index contributed by atoms with van der Waals surface area (Å²) < 4.78 is 0. The highest BCUT2D eigenvalue weighted by molar-refractivity contribution is 6.32. The van der Waals surface area contributed by atoms with Gasteiger partial charge in [-0.2, -0.15) is 10.2 Å². The Morgan fingerprint density at radius 3 is 2.65 bits per heavy atom. The largest absolute Gasteiger partial charge is 0.277 e. The lowest BCUT2D eigenvalue weighted by molar-refractivity contribution is -0.109. The molecule has 1 amide bonds. The van der Waals surface area contributed by atoms with Crippen LogP contribution in [0.4, 0.5) is 5.82 Å². The fourth-order valence-electron chi connectivity index (χ4n) is 2.05. The summed E-state index contributed by atoms with van der Waals surface area (Å²) in [5.74, 6) is 0.381. The molecule has 0 fully saturated rings. The number of nitrogens with zero attached hydrogens (tertiary/aromatic N) is 4. The maximum atomic E-state index is 10.9. The number of anilines is 1. The van der Waals surface area contributed by atoms with Crippen LogP contribution < -0.4 is 10.4 Å². The molecule has 20 heavy (non-hydrogen) atoms. The minimum Gasteiger partial charge on any atom is -0.277 e. The van der Waals surface area contributed by atoms with E-state index in [-0.39, 0.29) is 11.9 Å². The van der Waals surface area contributed by atoms with Gasteiger partial charge >= 0.3 is 0 Å². The van der Waals surface area contributed by atoms with Crippen LogP contribution in [-0.4, -0.2) is 22.4 Å². The Labute approximate surface area is 123 Å². The van der Waals surface area contributed by atoms with Gasteiger partial charge in [-0.05, 0) is 12.8 Å². The van der Waals surface area contributed by atoms with Crippen LogP contribution in [0.5, 0.6) is 0 Å². The maximum absolute atomic E-state index is 10.9. The molecule has 0 atom stereocenters. The summed E-state index contributed by atoms with van der Waals surface area (Å²) in [6.07, 6.45) is 5.67. The number of nitrogens with one attached hydrogen (secondary N) is 1. The highest BCUT2D eigenvalue weighted by Crippen LogP contribution is 2.25. The normalized spacial score (nSPS) is 10.2. The molecule has 0 saturated carbocycles. The van der Waals surface area contributed by atoms with Gasteiger partial charge in [-0.25, -0.2) is 4.98 Å².